The lowest BCUT2D eigenvalue weighted by atomic mass is 10.1. The summed E-state index contributed by atoms with van der Waals surface area (Å²) in [7, 11) is 0. The van der Waals surface area contributed by atoms with E-state index in [9.17, 15) is 5.11 Å². The summed E-state index contributed by atoms with van der Waals surface area (Å²) in [6, 6.07) is 17.3. The van der Waals surface area contributed by atoms with Gasteiger partial charge in [0.2, 0.25) is 5.16 Å². The minimum absolute atomic E-state index is 0.187. The minimum Gasteiger partial charge on any atom is -0.507 e. The van der Waals surface area contributed by atoms with E-state index < -0.39 is 0 Å². The third kappa shape index (κ3) is 2.96. The molecule has 0 unspecified atom stereocenters. The Morgan fingerprint density at radius 2 is 1.96 bits per heavy atom. The SMILES string of the molecule is Oc1ccccc1-c1nc(SCc2ccc3ncccc3c2)n[nH]1. The molecule has 0 aliphatic heterocycles. The predicted molar refractivity (Wildman–Crippen MR) is 94.8 cm³/mol. The molecule has 0 atom stereocenters. The van der Waals surface area contributed by atoms with Crippen LogP contribution in [0.5, 0.6) is 5.75 Å². The summed E-state index contributed by atoms with van der Waals surface area (Å²) < 4.78 is 0. The summed E-state index contributed by atoms with van der Waals surface area (Å²) in [6.45, 7) is 0. The first-order valence-electron chi connectivity index (χ1n) is 7.47. The largest absolute Gasteiger partial charge is 0.507 e. The fourth-order valence-electron chi connectivity index (χ4n) is 2.47. The summed E-state index contributed by atoms with van der Waals surface area (Å²) in [5.41, 5.74) is 2.83. The molecule has 2 heterocycles. The van der Waals surface area contributed by atoms with E-state index in [2.05, 4.69) is 38.4 Å². The highest BCUT2D eigenvalue weighted by Crippen LogP contribution is 2.28. The summed E-state index contributed by atoms with van der Waals surface area (Å²) in [6.07, 6.45) is 1.80. The van der Waals surface area contributed by atoms with Gasteiger partial charge in [-0.1, -0.05) is 36.0 Å². The molecular weight excluding hydrogens is 320 g/mol. The van der Waals surface area contributed by atoms with E-state index in [4.69, 9.17) is 0 Å². The van der Waals surface area contributed by atoms with Crippen LogP contribution in [0.3, 0.4) is 0 Å². The van der Waals surface area contributed by atoms with Crippen molar-refractivity contribution in [2.45, 2.75) is 10.9 Å². The first-order valence-corrected chi connectivity index (χ1v) is 8.45. The van der Waals surface area contributed by atoms with Gasteiger partial charge < -0.3 is 5.11 Å². The Morgan fingerprint density at radius 1 is 1.04 bits per heavy atom. The van der Waals surface area contributed by atoms with Crippen LogP contribution in [0.4, 0.5) is 0 Å². The highest BCUT2D eigenvalue weighted by Gasteiger charge is 2.10. The van der Waals surface area contributed by atoms with E-state index in [-0.39, 0.29) is 5.75 Å². The number of aromatic nitrogens is 4. The molecule has 2 aromatic carbocycles. The number of benzene rings is 2. The maximum atomic E-state index is 9.88. The Bertz CT molecular complexity index is 999. The number of phenolic OH excluding ortho intramolecular Hbond substituents is 1. The first kappa shape index (κ1) is 14.7. The summed E-state index contributed by atoms with van der Waals surface area (Å²) in [5.74, 6) is 1.52. The Hall–Kier alpha value is -2.86. The molecule has 2 N–H and O–H groups in total. The average Bonchev–Trinajstić information content (AvgIpc) is 3.09. The molecular formula is C18H14N4OS. The van der Waals surface area contributed by atoms with Gasteiger partial charge >= 0.3 is 0 Å². The van der Waals surface area contributed by atoms with Gasteiger partial charge in [0.05, 0.1) is 11.1 Å². The number of pyridine rings is 1. The zero-order valence-corrected chi connectivity index (χ0v) is 13.5. The number of fused-ring (bicyclic) bond motifs is 1. The molecule has 0 aliphatic carbocycles. The van der Waals surface area contributed by atoms with E-state index in [0.717, 1.165) is 16.7 Å². The maximum Gasteiger partial charge on any atom is 0.209 e. The maximum absolute atomic E-state index is 9.88. The molecule has 2 aromatic heterocycles. The van der Waals surface area contributed by atoms with Crippen LogP contribution >= 0.6 is 11.8 Å². The van der Waals surface area contributed by atoms with Crippen molar-refractivity contribution in [3.63, 3.8) is 0 Å². The summed E-state index contributed by atoms with van der Waals surface area (Å²) >= 11 is 1.55. The van der Waals surface area contributed by atoms with Crippen LogP contribution in [-0.2, 0) is 5.75 Å². The lowest BCUT2D eigenvalue weighted by Crippen LogP contribution is -1.84. The number of phenols is 1. The van der Waals surface area contributed by atoms with Gasteiger partial charge in [0.25, 0.3) is 0 Å². The fourth-order valence-corrected chi connectivity index (χ4v) is 3.21. The standard InChI is InChI=1S/C18H14N4OS/c23-16-6-2-1-5-14(16)17-20-18(22-21-17)24-11-12-7-8-15-13(10-12)4-3-9-19-15/h1-10,23H,11H2,(H,20,21,22). The number of thioether (sulfide) groups is 1. The van der Waals surface area contributed by atoms with Gasteiger partial charge in [-0.3, -0.25) is 10.1 Å². The van der Waals surface area contributed by atoms with Crippen molar-refractivity contribution in [3.8, 4) is 17.1 Å². The van der Waals surface area contributed by atoms with Crippen LogP contribution in [0.25, 0.3) is 22.3 Å². The highest BCUT2D eigenvalue weighted by atomic mass is 32.2. The number of nitrogens with one attached hydrogen (secondary N) is 1. The van der Waals surface area contributed by atoms with Crippen LogP contribution in [0.15, 0.2) is 66.0 Å². The molecule has 118 valence electrons. The number of hydrogen-bond donors (Lipinski definition) is 2. The Labute approximate surface area is 142 Å². The number of H-pyrrole nitrogens is 1. The number of nitrogens with zero attached hydrogens (tertiary/aromatic N) is 3. The van der Waals surface area contributed by atoms with Crippen molar-refractivity contribution < 1.29 is 5.11 Å². The van der Waals surface area contributed by atoms with Crippen molar-refractivity contribution >= 4 is 22.7 Å². The summed E-state index contributed by atoms with van der Waals surface area (Å²) in [5, 5.41) is 18.8. The fraction of sp³-hybridized carbons (Fsp3) is 0.0556. The highest BCUT2D eigenvalue weighted by molar-refractivity contribution is 7.98. The van der Waals surface area contributed by atoms with Crippen LogP contribution in [0, 0.1) is 0 Å². The zero-order valence-electron chi connectivity index (χ0n) is 12.7. The van der Waals surface area contributed by atoms with Gasteiger partial charge in [-0.25, -0.2) is 4.98 Å². The second-order valence-electron chi connectivity index (χ2n) is 5.30. The average molecular weight is 334 g/mol. The van der Waals surface area contributed by atoms with E-state index in [0.29, 0.717) is 16.5 Å². The molecule has 0 fully saturated rings. The monoisotopic (exact) mass is 334 g/mol. The predicted octanol–water partition coefficient (Wildman–Crippen LogP) is 4.02. The van der Waals surface area contributed by atoms with E-state index in [1.807, 2.05) is 18.2 Å². The molecule has 5 nitrogen and oxygen atoms in total. The first-order chi connectivity index (χ1) is 11.8. The van der Waals surface area contributed by atoms with Crippen molar-refractivity contribution in [1.82, 2.24) is 20.2 Å². The quantitative estimate of drug-likeness (QED) is 0.551. The van der Waals surface area contributed by atoms with Crippen LogP contribution < -0.4 is 0 Å². The van der Waals surface area contributed by atoms with Gasteiger partial charge in [0, 0.05) is 17.3 Å². The number of aromatic hydroxyl groups is 1. The molecule has 0 radical (unpaired) electrons. The third-order valence-corrected chi connectivity index (χ3v) is 4.58. The van der Waals surface area contributed by atoms with Gasteiger partial charge in [0.1, 0.15) is 5.75 Å². The van der Waals surface area contributed by atoms with E-state index in [1.165, 1.54) is 5.56 Å². The molecule has 4 rings (SSSR count). The second kappa shape index (κ2) is 6.33. The van der Waals surface area contributed by atoms with E-state index in [1.54, 1.807) is 36.2 Å². The minimum atomic E-state index is 0.187. The molecule has 6 heteroatoms. The lowest BCUT2D eigenvalue weighted by Gasteiger charge is -2.01. The Morgan fingerprint density at radius 3 is 2.88 bits per heavy atom. The van der Waals surface area contributed by atoms with Gasteiger partial charge in [0.15, 0.2) is 5.82 Å². The molecule has 0 amide bonds. The van der Waals surface area contributed by atoms with Gasteiger partial charge in [-0.15, -0.1) is 5.10 Å². The van der Waals surface area contributed by atoms with Crippen molar-refractivity contribution in [3.05, 3.63) is 66.4 Å². The van der Waals surface area contributed by atoms with Crippen molar-refractivity contribution in [2.75, 3.05) is 0 Å². The molecule has 24 heavy (non-hydrogen) atoms. The van der Waals surface area contributed by atoms with Gasteiger partial charge in [-0.05, 0) is 35.9 Å². The van der Waals surface area contributed by atoms with Crippen LogP contribution in [-0.4, -0.2) is 25.3 Å². The van der Waals surface area contributed by atoms with Crippen molar-refractivity contribution in [2.24, 2.45) is 0 Å². The van der Waals surface area contributed by atoms with Crippen molar-refractivity contribution in [1.29, 1.82) is 0 Å². The Kier molecular flexibility index (Phi) is 3.88. The molecule has 4 aromatic rings. The normalized spacial score (nSPS) is 11.0. The van der Waals surface area contributed by atoms with Gasteiger partial charge in [-0.2, -0.15) is 0 Å². The second-order valence-corrected chi connectivity index (χ2v) is 6.25. The topological polar surface area (TPSA) is 74.7 Å². The molecule has 0 saturated carbocycles. The lowest BCUT2D eigenvalue weighted by molar-refractivity contribution is 0.477. The number of rotatable bonds is 4. The third-order valence-electron chi connectivity index (χ3n) is 3.66. The van der Waals surface area contributed by atoms with Crippen LogP contribution in [0.1, 0.15) is 5.56 Å². The zero-order chi connectivity index (χ0) is 16.4. The number of para-hydroxylation sites is 1. The Balaban J connectivity index is 1.51. The van der Waals surface area contributed by atoms with E-state index >= 15 is 0 Å². The molecule has 0 spiro atoms. The molecule has 0 bridgehead atoms. The number of aromatic amines is 1. The van der Waals surface area contributed by atoms with Crippen LogP contribution in [0.2, 0.25) is 0 Å². The molecule has 0 saturated heterocycles. The molecule has 0 aliphatic rings. The summed E-state index contributed by atoms with van der Waals surface area (Å²) in [4.78, 5) is 8.77. The number of hydrogen-bond acceptors (Lipinski definition) is 5. The smallest absolute Gasteiger partial charge is 0.209 e.